The first-order chi connectivity index (χ1) is 15.4. The van der Waals surface area contributed by atoms with E-state index in [1.165, 1.54) is 12.1 Å². The molecule has 0 bridgehead atoms. The summed E-state index contributed by atoms with van der Waals surface area (Å²) >= 11 is 0. The average molecular weight is 435 g/mol. The minimum atomic E-state index is -0.635. The number of pyridine rings is 1. The summed E-state index contributed by atoms with van der Waals surface area (Å²) in [6.07, 6.45) is 5.21. The maximum atomic E-state index is 14.8. The number of rotatable bonds is 3. The lowest BCUT2D eigenvalue weighted by Gasteiger charge is -2.29. The SMILES string of the molecule is Cc1nc2nc(C3CCOC(c4cnn(C)c4)C3)cc(-c3ccc(F)cc3F)c2nc1C. The van der Waals surface area contributed by atoms with Crippen molar-refractivity contribution < 1.29 is 13.5 Å². The summed E-state index contributed by atoms with van der Waals surface area (Å²) in [7, 11) is 1.88. The maximum absolute atomic E-state index is 14.8. The fraction of sp³-hybridized carbons (Fsp3) is 0.333. The molecule has 5 rings (SSSR count). The Morgan fingerprint density at radius 1 is 1.03 bits per heavy atom. The fourth-order valence-corrected chi connectivity index (χ4v) is 4.25. The van der Waals surface area contributed by atoms with Crippen molar-refractivity contribution >= 4 is 11.2 Å². The zero-order chi connectivity index (χ0) is 22.4. The zero-order valence-corrected chi connectivity index (χ0v) is 18.1. The van der Waals surface area contributed by atoms with Crippen LogP contribution in [-0.2, 0) is 11.8 Å². The Kier molecular flexibility index (Phi) is 5.17. The number of fused-ring (bicyclic) bond motifs is 1. The van der Waals surface area contributed by atoms with Crippen molar-refractivity contribution in [3.05, 3.63) is 70.9 Å². The van der Waals surface area contributed by atoms with Crippen molar-refractivity contribution in [3.8, 4) is 11.1 Å². The molecule has 1 aliphatic rings. The van der Waals surface area contributed by atoms with Gasteiger partial charge < -0.3 is 4.74 Å². The van der Waals surface area contributed by atoms with E-state index in [9.17, 15) is 8.78 Å². The second-order valence-corrected chi connectivity index (χ2v) is 8.31. The Hall–Kier alpha value is -3.26. The summed E-state index contributed by atoms with van der Waals surface area (Å²) in [5.74, 6) is -1.15. The summed E-state index contributed by atoms with van der Waals surface area (Å²) in [6, 6.07) is 5.47. The highest BCUT2D eigenvalue weighted by molar-refractivity contribution is 5.90. The van der Waals surface area contributed by atoms with Gasteiger partial charge in [-0.2, -0.15) is 5.10 Å². The van der Waals surface area contributed by atoms with Gasteiger partial charge in [-0.3, -0.25) is 4.68 Å². The lowest BCUT2D eigenvalue weighted by atomic mass is 9.88. The van der Waals surface area contributed by atoms with Crippen LogP contribution in [0.5, 0.6) is 0 Å². The van der Waals surface area contributed by atoms with E-state index < -0.39 is 11.6 Å². The third-order valence-electron chi connectivity index (χ3n) is 6.09. The Morgan fingerprint density at radius 2 is 1.84 bits per heavy atom. The lowest BCUT2D eigenvalue weighted by molar-refractivity contribution is 0.00465. The Bertz CT molecular complexity index is 1320. The van der Waals surface area contributed by atoms with Gasteiger partial charge in [0.25, 0.3) is 0 Å². The maximum Gasteiger partial charge on any atom is 0.179 e. The fourth-order valence-electron chi connectivity index (χ4n) is 4.25. The first-order valence-corrected chi connectivity index (χ1v) is 10.6. The van der Waals surface area contributed by atoms with E-state index in [1.807, 2.05) is 39.4 Å². The van der Waals surface area contributed by atoms with Gasteiger partial charge in [0.15, 0.2) is 5.65 Å². The van der Waals surface area contributed by atoms with E-state index in [0.29, 0.717) is 23.3 Å². The van der Waals surface area contributed by atoms with Crippen molar-refractivity contribution in [3.63, 3.8) is 0 Å². The molecule has 32 heavy (non-hydrogen) atoms. The quantitative estimate of drug-likeness (QED) is 0.455. The molecule has 4 aromatic rings. The Labute approximate surface area is 184 Å². The molecule has 1 aromatic carbocycles. The van der Waals surface area contributed by atoms with Crippen LogP contribution < -0.4 is 0 Å². The normalized spacial score (nSPS) is 18.9. The van der Waals surface area contributed by atoms with E-state index >= 15 is 0 Å². The molecule has 0 N–H and O–H groups in total. The van der Waals surface area contributed by atoms with Crippen molar-refractivity contribution in [1.29, 1.82) is 0 Å². The van der Waals surface area contributed by atoms with Crippen LogP contribution in [0.15, 0.2) is 36.7 Å². The van der Waals surface area contributed by atoms with Crippen LogP contribution in [0.3, 0.4) is 0 Å². The van der Waals surface area contributed by atoms with Crippen molar-refractivity contribution in [2.45, 2.75) is 38.7 Å². The minimum absolute atomic E-state index is 0.0863. The lowest BCUT2D eigenvalue weighted by Crippen LogP contribution is -2.19. The van der Waals surface area contributed by atoms with E-state index in [-0.39, 0.29) is 17.6 Å². The molecular formula is C24H23F2N5O. The Balaban J connectivity index is 1.62. The molecule has 2 atom stereocenters. The average Bonchev–Trinajstić information content (AvgIpc) is 3.21. The number of ether oxygens (including phenoxy) is 1. The number of hydrogen-bond acceptors (Lipinski definition) is 5. The van der Waals surface area contributed by atoms with Crippen molar-refractivity contribution in [1.82, 2.24) is 24.7 Å². The summed E-state index contributed by atoms with van der Waals surface area (Å²) in [5.41, 5.74) is 5.19. The summed E-state index contributed by atoms with van der Waals surface area (Å²) in [6.45, 7) is 4.32. The molecular weight excluding hydrogens is 412 g/mol. The van der Waals surface area contributed by atoms with Gasteiger partial charge in [-0.15, -0.1) is 0 Å². The summed E-state index contributed by atoms with van der Waals surface area (Å²) < 4.78 is 36.1. The van der Waals surface area contributed by atoms with Gasteiger partial charge in [-0.25, -0.2) is 23.7 Å². The second kappa shape index (κ2) is 8.02. The molecule has 164 valence electrons. The standard InChI is InChI=1S/C24H23F2N5O/c1-13-14(2)29-24-23(28-13)19(18-5-4-17(25)9-20(18)26)10-21(30-24)15-6-7-32-22(8-15)16-11-27-31(3)12-16/h4-5,9-12,15,22H,6-8H2,1-3H3. The molecule has 1 saturated heterocycles. The molecule has 4 heterocycles. The zero-order valence-electron chi connectivity index (χ0n) is 18.1. The van der Waals surface area contributed by atoms with Crippen molar-refractivity contribution in [2.75, 3.05) is 6.61 Å². The van der Waals surface area contributed by atoms with Gasteiger partial charge in [-0.1, -0.05) is 0 Å². The molecule has 8 heteroatoms. The van der Waals surface area contributed by atoms with E-state index in [1.54, 1.807) is 4.68 Å². The Morgan fingerprint density at radius 3 is 2.59 bits per heavy atom. The highest BCUT2D eigenvalue weighted by atomic mass is 19.1. The number of aromatic nitrogens is 5. The highest BCUT2D eigenvalue weighted by Gasteiger charge is 2.28. The van der Waals surface area contributed by atoms with E-state index in [4.69, 9.17) is 9.72 Å². The van der Waals surface area contributed by atoms with Gasteiger partial charge in [0.2, 0.25) is 0 Å². The summed E-state index contributed by atoms with van der Waals surface area (Å²) in [4.78, 5) is 14.1. The molecule has 1 aliphatic heterocycles. The van der Waals surface area contributed by atoms with Crippen LogP contribution in [0, 0.1) is 25.5 Å². The predicted octanol–water partition coefficient (Wildman–Crippen LogP) is 4.96. The smallest absolute Gasteiger partial charge is 0.179 e. The minimum Gasteiger partial charge on any atom is -0.373 e. The number of halogens is 2. The first-order valence-electron chi connectivity index (χ1n) is 10.6. The molecule has 0 amide bonds. The predicted molar refractivity (Wildman–Crippen MR) is 116 cm³/mol. The van der Waals surface area contributed by atoms with Gasteiger partial charge in [0.05, 0.1) is 23.7 Å². The third kappa shape index (κ3) is 3.75. The largest absolute Gasteiger partial charge is 0.373 e. The van der Waals surface area contributed by atoms with Crippen LogP contribution in [0.1, 0.15) is 47.5 Å². The van der Waals surface area contributed by atoms with Crippen molar-refractivity contribution in [2.24, 2.45) is 7.05 Å². The number of benzene rings is 1. The van der Waals surface area contributed by atoms with Crippen LogP contribution in [0.2, 0.25) is 0 Å². The molecule has 6 nitrogen and oxygen atoms in total. The highest BCUT2D eigenvalue weighted by Crippen LogP contribution is 2.39. The van der Waals surface area contributed by atoms with Crippen LogP contribution in [0.25, 0.3) is 22.3 Å². The first kappa shape index (κ1) is 20.6. The molecule has 2 unspecified atom stereocenters. The topological polar surface area (TPSA) is 65.7 Å². The van der Waals surface area contributed by atoms with Crippen LogP contribution in [0.4, 0.5) is 8.78 Å². The second-order valence-electron chi connectivity index (χ2n) is 8.31. The molecule has 1 fully saturated rings. The number of aryl methyl sites for hydroxylation is 3. The molecule has 0 aliphatic carbocycles. The third-order valence-corrected chi connectivity index (χ3v) is 6.09. The van der Waals surface area contributed by atoms with Crippen LogP contribution >= 0.6 is 0 Å². The van der Waals surface area contributed by atoms with Crippen LogP contribution in [-0.4, -0.2) is 31.3 Å². The molecule has 0 spiro atoms. The van der Waals surface area contributed by atoms with Gasteiger partial charge >= 0.3 is 0 Å². The number of hydrogen-bond donors (Lipinski definition) is 0. The number of nitrogens with zero attached hydrogens (tertiary/aromatic N) is 5. The van der Waals surface area contributed by atoms with Gasteiger partial charge in [0, 0.05) is 54.2 Å². The molecule has 0 saturated carbocycles. The molecule has 0 radical (unpaired) electrons. The molecule has 3 aromatic heterocycles. The monoisotopic (exact) mass is 435 g/mol. The van der Waals surface area contributed by atoms with Gasteiger partial charge in [-0.05, 0) is 44.9 Å². The summed E-state index contributed by atoms with van der Waals surface area (Å²) in [5, 5.41) is 4.25. The van der Waals surface area contributed by atoms with E-state index in [0.717, 1.165) is 41.6 Å². The van der Waals surface area contributed by atoms with Gasteiger partial charge in [0.1, 0.15) is 17.2 Å². The van der Waals surface area contributed by atoms with E-state index in [2.05, 4.69) is 15.1 Å².